The Morgan fingerprint density at radius 2 is 1.53 bits per heavy atom. The monoisotopic (exact) mass is 695 g/mol. The van der Waals surface area contributed by atoms with E-state index in [1.54, 1.807) is 0 Å². The summed E-state index contributed by atoms with van der Waals surface area (Å²) in [5.74, 6) is -1.09. The minimum absolute atomic E-state index is 0.0289. The van der Waals surface area contributed by atoms with Gasteiger partial charge in [-0.05, 0) is 85.6 Å². The minimum Gasteiger partial charge on any atom is -0.497 e. The summed E-state index contributed by atoms with van der Waals surface area (Å²) in [4.78, 5) is 29.5. The number of methoxy groups -OCH3 is 1. The van der Waals surface area contributed by atoms with E-state index in [1.165, 1.54) is 48.4 Å². The average Bonchev–Trinajstić information content (AvgIpc) is 3.02. The average molecular weight is 697 g/mol. The molecule has 11 heteroatoms. The highest BCUT2D eigenvalue weighted by atomic mass is 79.9. The molecule has 45 heavy (non-hydrogen) atoms. The standard InChI is InChI=1S/C34H35BrFN3O5S/c1-24(2)37-34(41)32(21-25-8-5-4-6-9-25)38(22-26-10-7-11-27(35)20-26)33(40)23-39(29-14-12-28(36)13-15-29)45(42,43)31-18-16-30(44-3)17-19-31/h4-20,24,32H,21-23H2,1-3H3,(H,37,41)/t32-/m1/s1. The molecule has 0 bridgehead atoms. The molecule has 0 aliphatic heterocycles. The number of carbonyl (C=O) groups is 2. The Kier molecular flexibility index (Phi) is 11.4. The molecular formula is C34H35BrFN3O5S. The molecule has 0 aliphatic rings. The summed E-state index contributed by atoms with van der Waals surface area (Å²) in [5, 5.41) is 2.93. The molecule has 1 N–H and O–H groups in total. The van der Waals surface area contributed by atoms with Crippen molar-refractivity contribution in [1.29, 1.82) is 0 Å². The van der Waals surface area contributed by atoms with Gasteiger partial charge in [-0.1, -0.05) is 58.4 Å². The largest absolute Gasteiger partial charge is 0.497 e. The van der Waals surface area contributed by atoms with E-state index in [4.69, 9.17) is 4.74 Å². The molecule has 0 aliphatic carbocycles. The molecule has 0 radical (unpaired) electrons. The van der Waals surface area contributed by atoms with Crippen molar-refractivity contribution >= 4 is 43.5 Å². The van der Waals surface area contributed by atoms with E-state index < -0.39 is 34.3 Å². The molecule has 236 valence electrons. The SMILES string of the molecule is COc1ccc(S(=O)(=O)N(CC(=O)N(Cc2cccc(Br)c2)[C@H](Cc2ccccc2)C(=O)NC(C)C)c2ccc(F)cc2)cc1. The Morgan fingerprint density at radius 1 is 0.889 bits per heavy atom. The predicted octanol–water partition coefficient (Wildman–Crippen LogP) is 5.96. The number of hydrogen-bond donors (Lipinski definition) is 1. The van der Waals surface area contributed by atoms with E-state index in [2.05, 4.69) is 21.2 Å². The zero-order valence-electron chi connectivity index (χ0n) is 25.2. The number of carbonyl (C=O) groups excluding carboxylic acids is 2. The van der Waals surface area contributed by atoms with Crippen molar-refractivity contribution in [1.82, 2.24) is 10.2 Å². The maximum Gasteiger partial charge on any atom is 0.264 e. The van der Waals surface area contributed by atoms with E-state index in [9.17, 15) is 22.4 Å². The number of halogens is 2. The second-order valence-corrected chi connectivity index (χ2v) is 13.5. The van der Waals surface area contributed by atoms with Crippen LogP contribution in [0.4, 0.5) is 10.1 Å². The molecule has 0 spiro atoms. The molecule has 8 nitrogen and oxygen atoms in total. The van der Waals surface area contributed by atoms with Crippen LogP contribution in [0.15, 0.2) is 112 Å². The highest BCUT2D eigenvalue weighted by molar-refractivity contribution is 9.10. The van der Waals surface area contributed by atoms with Crippen LogP contribution >= 0.6 is 15.9 Å². The highest BCUT2D eigenvalue weighted by Crippen LogP contribution is 2.27. The van der Waals surface area contributed by atoms with Gasteiger partial charge in [-0.25, -0.2) is 12.8 Å². The zero-order chi connectivity index (χ0) is 32.6. The molecule has 0 fully saturated rings. The van der Waals surface area contributed by atoms with Crippen molar-refractivity contribution in [2.24, 2.45) is 0 Å². The molecular weight excluding hydrogens is 661 g/mol. The predicted molar refractivity (Wildman–Crippen MR) is 176 cm³/mol. The Balaban J connectivity index is 1.80. The lowest BCUT2D eigenvalue weighted by Gasteiger charge is -2.34. The van der Waals surface area contributed by atoms with Crippen LogP contribution < -0.4 is 14.4 Å². The van der Waals surface area contributed by atoms with Crippen molar-refractivity contribution in [2.75, 3.05) is 18.0 Å². The smallest absolute Gasteiger partial charge is 0.264 e. The first-order valence-corrected chi connectivity index (χ1v) is 16.5. The fraction of sp³-hybridized carbons (Fsp3) is 0.235. The number of amides is 2. The number of ether oxygens (including phenoxy) is 1. The third-order valence-electron chi connectivity index (χ3n) is 6.98. The van der Waals surface area contributed by atoms with Gasteiger partial charge < -0.3 is 15.0 Å². The first kappa shape index (κ1) is 33.7. The normalized spacial score (nSPS) is 12.0. The number of nitrogens with one attached hydrogen (secondary N) is 1. The number of benzene rings is 4. The lowest BCUT2D eigenvalue weighted by molar-refractivity contribution is -0.140. The Hall–Kier alpha value is -4.22. The van der Waals surface area contributed by atoms with Crippen LogP contribution in [0.5, 0.6) is 5.75 Å². The van der Waals surface area contributed by atoms with Crippen LogP contribution in [0.1, 0.15) is 25.0 Å². The summed E-state index contributed by atoms with van der Waals surface area (Å²) in [6.45, 7) is 3.04. The minimum atomic E-state index is -4.32. The number of anilines is 1. The summed E-state index contributed by atoms with van der Waals surface area (Å²) < 4.78 is 48.9. The van der Waals surface area contributed by atoms with Crippen molar-refractivity contribution < 1.29 is 27.1 Å². The number of hydrogen-bond acceptors (Lipinski definition) is 5. The Labute approximate surface area is 272 Å². The van der Waals surface area contributed by atoms with Crippen LogP contribution in [0, 0.1) is 5.82 Å². The van der Waals surface area contributed by atoms with Crippen LogP contribution in [-0.4, -0.2) is 50.9 Å². The van der Waals surface area contributed by atoms with Crippen molar-refractivity contribution in [3.8, 4) is 5.75 Å². The molecule has 0 saturated carbocycles. The highest BCUT2D eigenvalue weighted by Gasteiger charge is 2.35. The summed E-state index contributed by atoms with van der Waals surface area (Å²) in [5.41, 5.74) is 1.66. The van der Waals surface area contributed by atoms with Gasteiger partial charge in [0.05, 0.1) is 17.7 Å². The zero-order valence-corrected chi connectivity index (χ0v) is 27.6. The van der Waals surface area contributed by atoms with Crippen molar-refractivity contribution in [3.05, 3.63) is 125 Å². The third-order valence-corrected chi connectivity index (χ3v) is 9.27. The van der Waals surface area contributed by atoms with E-state index in [0.717, 1.165) is 32.0 Å². The summed E-state index contributed by atoms with van der Waals surface area (Å²) in [6, 6.07) is 26.1. The summed E-state index contributed by atoms with van der Waals surface area (Å²) in [6.07, 6.45) is 0.195. The summed E-state index contributed by atoms with van der Waals surface area (Å²) >= 11 is 3.47. The van der Waals surface area contributed by atoms with Gasteiger partial charge in [0.2, 0.25) is 11.8 Å². The topological polar surface area (TPSA) is 96.0 Å². The van der Waals surface area contributed by atoms with Gasteiger partial charge in [0.1, 0.15) is 24.2 Å². The molecule has 0 saturated heterocycles. The molecule has 0 aromatic heterocycles. The maximum absolute atomic E-state index is 14.4. The molecule has 2 amide bonds. The van der Waals surface area contributed by atoms with E-state index >= 15 is 0 Å². The number of nitrogens with zero attached hydrogens (tertiary/aromatic N) is 2. The molecule has 4 aromatic carbocycles. The summed E-state index contributed by atoms with van der Waals surface area (Å²) in [7, 11) is -2.86. The van der Waals surface area contributed by atoms with Gasteiger partial charge in [-0.2, -0.15) is 0 Å². The Bertz CT molecular complexity index is 1700. The lowest BCUT2D eigenvalue weighted by Crippen LogP contribution is -2.54. The molecule has 1 atom stereocenters. The van der Waals surface area contributed by atoms with Crippen molar-refractivity contribution in [2.45, 2.75) is 43.8 Å². The maximum atomic E-state index is 14.4. The van der Waals surface area contributed by atoms with Crippen LogP contribution in [-0.2, 0) is 32.6 Å². The first-order valence-electron chi connectivity index (χ1n) is 14.3. The molecule has 4 aromatic rings. The van der Waals surface area contributed by atoms with Gasteiger partial charge >= 0.3 is 0 Å². The second kappa shape index (κ2) is 15.2. The van der Waals surface area contributed by atoms with E-state index in [1.807, 2.05) is 68.4 Å². The lowest BCUT2D eigenvalue weighted by atomic mass is 10.0. The molecule has 0 unspecified atom stereocenters. The molecule has 4 rings (SSSR count). The van der Waals surface area contributed by atoms with Gasteiger partial charge in [0, 0.05) is 23.5 Å². The first-order chi connectivity index (χ1) is 21.5. The van der Waals surface area contributed by atoms with Crippen LogP contribution in [0.25, 0.3) is 0 Å². The number of sulfonamides is 1. The third kappa shape index (κ3) is 8.92. The fourth-order valence-corrected chi connectivity index (χ4v) is 6.64. The Morgan fingerprint density at radius 3 is 2.13 bits per heavy atom. The quantitative estimate of drug-likeness (QED) is 0.186. The van der Waals surface area contributed by atoms with E-state index in [0.29, 0.717) is 5.75 Å². The molecule has 0 heterocycles. The number of rotatable bonds is 13. The second-order valence-electron chi connectivity index (χ2n) is 10.7. The van der Waals surface area contributed by atoms with Gasteiger partial charge in [0.15, 0.2) is 0 Å². The van der Waals surface area contributed by atoms with Crippen LogP contribution in [0.2, 0.25) is 0 Å². The fourth-order valence-electron chi connectivity index (χ4n) is 4.78. The van der Waals surface area contributed by atoms with Gasteiger partial charge in [-0.3, -0.25) is 13.9 Å². The van der Waals surface area contributed by atoms with Gasteiger partial charge in [-0.15, -0.1) is 0 Å². The van der Waals surface area contributed by atoms with Gasteiger partial charge in [0.25, 0.3) is 10.0 Å². The van der Waals surface area contributed by atoms with Crippen molar-refractivity contribution in [3.63, 3.8) is 0 Å². The van der Waals surface area contributed by atoms with E-state index in [-0.39, 0.29) is 35.5 Å². The van der Waals surface area contributed by atoms with Crippen LogP contribution in [0.3, 0.4) is 0 Å².